The van der Waals surface area contributed by atoms with Crippen molar-refractivity contribution >= 4 is 28.2 Å². The summed E-state index contributed by atoms with van der Waals surface area (Å²) in [6, 6.07) is 46.4. The van der Waals surface area contributed by atoms with Gasteiger partial charge in [0.25, 0.3) is 22.2 Å². The van der Waals surface area contributed by atoms with Gasteiger partial charge in [0.05, 0.1) is 40.1 Å². The zero-order chi connectivity index (χ0) is 60.6. The van der Waals surface area contributed by atoms with Crippen LogP contribution in [0.1, 0.15) is 77.1 Å². The molecule has 8 aromatic heterocycles. The number of benzene rings is 4. The third kappa shape index (κ3) is 10.8. The molecule has 0 spiro atoms. The molecule has 8 heterocycles. The molecule has 0 radical (unpaired) electrons. The molecular formula is C66H50N16O4. The van der Waals surface area contributed by atoms with E-state index < -0.39 is 0 Å². The first-order valence-electron chi connectivity index (χ1n) is 26.9. The third-order valence-electron chi connectivity index (χ3n) is 14.1. The summed E-state index contributed by atoms with van der Waals surface area (Å²) in [6.07, 6.45) is 10.4. The van der Waals surface area contributed by atoms with Gasteiger partial charge in [0.2, 0.25) is 0 Å². The lowest BCUT2D eigenvalue weighted by molar-refractivity contribution is 0.801. The first kappa shape index (κ1) is 56.8. The van der Waals surface area contributed by atoms with Crippen LogP contribution in [0, 0.1) is 57.2 Å². The van der Waals surface area contributed by atoms with Gasteiger partial charge in [-0.05, 0) is 50.2 Å². The standard InChI is InChI=1S/C17H14N4O.C17H12N4O.2C16H12N4O/c1-20-15(12-5-3-2-4-6-12)14(11-7-8-11)17(22)21-16(20)13(9-18)10-19-21;1-2-3-9-14-15(12-7-5-4-6-8-12)20-16-13(10-18)11-19-21(16)17(14)22;1-10(2)13-14(11-6-4-3-5-7-11)19-15-12(8-17)9-18-20(15)16(13)21;1-2-6-13-14(11-7-4-3-5-8-11)19-15-12(9-17)10-18-20(15)16(13)21/h2-6,10-11H,7-8H2,1H3;4-8,11,19H,9H2,1H3;3-7,9,18H,1H2,2H3;2-5,7-8,10,18H,1,6H2. The maximum atomic E-state index is 12.9. The largest absolute Gasteiger partial charge is 0.327 e. The molecule has 0 saturated heterocycles. The number of nitrogens with one attached hydrogen (secondary N) is 3. The van der Waals surface area contributed by atoms with Crippen molar-refractivity contribution in [2.24, 2.45) is 7.05 Å². The van der Waals surface area contributed by atoms with Gasteiger partial charge in [-0.25, -0.2) is 19.5 Å². The molecule has 12 aromatic rings. The Morgan fingerprint density at radius 3 is 1.44 bits per heavy atom. The van der Waals surface area contributed by atoms with Gasteiger partial charge in [-0.1, -0.05) is 140 Å². The van der Waals surface area contributed by atoms with Crippen molar-refractivity contribution in [1.29, 1.82) is 21.0 Å². The molecule has 0 aliphatic heterocycles. The van der Waals surface area contributed by atoms with Crippen LogP contribution < -0.4 is 22.2 Å². The Bertz CT molecular complexity index is 5110. The zero-order valence-corrected chi connectivity index (χ0v) is 46.7. The molecule has 0 atom stereocenters. The van der Waals surface area contributed by atoms with Crippen LogP contribution in [0.25, 0.3) is 73.2 Å². The monoisotopic (exact) mass is 1130 g/mol. The average molecular weight is 1130 g/mol. The molecule has 13 rings (SSSR count). The summed E-state index contributed by atoms with van der Waals surface area (Å²) < 4.78 is 7.14. The van der Waals surface area contributed by atoms with Crippen molar-refractivity contribution in [3.05, 3.63) is 251 Å². The van der Waals surface area contributed by atoms with Gasteiger partial charge in [-0.15, -0.1) is 12.5 Å². The first-order valence-corrected chi connectivity index (χ1v) is 26.9. The molecule has 4 aromatic carbocycles. The summed E-state index contributed by atoms with van der Waals surface area (Å²) in [6.45, 7) is 11.1. The number of aryl methyl sites for hydroxylation is 1. The van der Waals surface area contributed by atoms with Gasteiger partial charge in [0.15, 0.2) is 22.6 Å². The smallest absolute Gasteiger partial charge is 0.280 e. The quantitative estimate of drug-likeness (QED) is 0.0900. The minimum absolute atomic E-state index is 0.101. The molecule has 3 N–H and O–H groups in total. The van der Waals surface area contributed by atoms with E-state index in [9.17, 15) is 24.4 Å². The highest BCUT2D eigenvalue weighted by Crippen LogP contribution is 2.43. The fraction of sp³-hybridized carbons (Fsp3) is 0.121. The van der Waals surface area contributed by atoms with E-state index in [0.717, 1.165) is 46.4 Å². The topological polar surface area (TPSA) is 285 Å². The number of nitriles is 4. The summed E-state index contributed by atoms with van der Waals surface area (Å²) in [7, 11) is 1.89. The van der Waals surface area contributed by atoms with Gasteiger partial charge in [-0.3, -0.25) is 34.5 Å². The van der Waals surface area contributed by atoms with Crippen molar-refractivity contribution in [3.8, 4) is 81.1 Å². The van der Waals surface area contributed by atoms with Crippen LogP contribution in [0.2, 0.25) is 0 Å². The Morgan fingerprint density at radius 1 is 0.593 bits per heavy atom. The Labute approximate surface area is 490 Å². The maximum Gasteiger partial charge on any atom is 0.280 e. The molecule has 0 amide bonds. The average Bonchev–Trinajstić information content (AvgIpc) is 1.66. The minimum atomic E-state index is -0.257. The summed E-state index contributed by atoms with van der Waals surface area (Å²) in [5.41, 5.74) is 11.3. The third-order valence-corrected chi connectivity index (χ3v) is 14.1. The number of aromatic amines is 3. The Kier molecular flexibility index (Phi) is 16.3. The molecule has 20 heteroatoms. The van der Waals surface area contributed by atoms with Crippen LogP contribution in [-0.2, 0) is 19.9 Å². The highest BCUT2D eigenvalue weighted by molar-refractivity contribution is 5.79. The maximum absolute atomic E-state index is 12.9. The number of nitrogens with zero attached hydrogens (tertiary/aromatic N) is 13. The van der Waals surface area contributed by atoms with Crippen LogP contribution in [0.4, 0.5) is 0 Å². The number of rotatable bonds is 9. The lowest BCUT2D eigenvalue weighted by atomic mass is 10.0. The van der Waals surface area contributed by atoms with E-state index in [4.69, 9.17) is 15.8 Å². The van der Waals surface area contributed by atoms with E-state index in [2.05, 4.69) is 66.4 Å². The van der Waals surface area contributed by atoms with Crippen LogP contribution in [-0.4, -0.2) is 58.0 Å². The molecule has 418 valence electrons. The Hall–Kier alpha value is -12.4. The molecule has 1 saturated carbocycles. The van der Waals surface area contributed by atoms with Crippen LogP contribution in [0.3, 0.4) is 0 Å². The number of hydrogen-bond donors (Lipinski definition) is 3. The number of hydrogen-bond acceptors (Lipinski definition) is 12. The van der Waals surface area contributed by atoms with E-state index in [1.165, 1.54) is 42.8 Å². The van der Waals surface area contributed by atoms with Crippen molar-refractivity contribution in [3.63, 3.8) is 0 Å². The SMILES string of the molecule is C=C(C)c1c(-c2ccccc2)nc2c(C#N)c[nH]n2c1=O.C=CCc1c(-c2ccccc2)nc2c(C#N)c[nH]n2c1=O.CC#CCc1c(-c2ccccc2)nc2c(C#N)c[nH]n2c1=O.Cn1c(-c2ccccc2)c(C2CC2)c(=O)n2ncc(C#N)c12. The second kappa shape index (κ2) is 24.7. The minimum Gasteiger partial charge on any atom is -0.327 e. The van der Waals surface area contributed by atoms with Crippen molar-refractivity contribution < 1.29 is 0 Å². The van der Waals surface area contributed by atoms with Crippen molar-refractivity contribution in [2.45, 2.75) is 45.4 Å². The van der Waals surface area contributed by atoms with Gasteiger partial charge in [0, 0.05) is 59.9 Å². The molecule has 1 aliphatic carbocycles. The molecule has 0 bridgehead atoms. The zero-order valence-electron chi connectivity index (χ0n) is 46.7. The summed E-state index contributed by atoms with van der Waals surface area (Å²) in [4.78, 5) is 64.3. The number of fused-ring (bicyclic) bond motifs is 4. The van der Waals surface area contributed by atoms with Crippen LogP contribution in [0.15, 0.2) is 185 Å². The lowest BCUT2D eigenvalue weighted by Crippen LogP contribution is -2.24. The number of aromatic nitrogens is 12. The second-order valence-electron chi connectivity index (χ2n) is 19.6. The molecular weight excluding hydrogens is 1080 g/mol. The van der Waals surface area contributed by atoms with Gasteiger partial charge in [0.1, 0.15) is 46.5 Å². The fourth-order valence-electron chi connectivity index (χ4n) is 9.96. The van der Waals surface area contributed by atoms with E-state index in [1.54, 1.807) is 19.9 Å². The normalized spacial score (nSPS) is 11.3. The summed E-state index contributed by atoms with van der Waals surface area (Å²) >= 11 is 0. The lowest BCUT2D eigenvalue weighted by Gasteiger charge is -2.16. The molecule has 20 nitrogen and oxygen atoms in total. The van der Waals surface area contributed by atoms with Gasteiger partial charge in [-0.2, -0.15) is 39.7 Å². The van der Waals surface area contributed by atoms with Crippen LogP contribution in [0.5, 0.6) is 0 Å². The molecule has 1 aliphatic rings. The molecule has 86 heavy (non-hydrogen) atoms. The predicted octanol–water partition coefficient (Wildman–Crippen LogP) is 9.46. The summed E-state index contributed by atoms with van der Waals surface area (Å²) in [5.74, 6) is 6.02. The first-order chi connectivity index (χ1) is 41.9. The highest BCUT2D eigenvalue weighted by atomic mass is 16.1. The van der Waals surface area contributed by atoms with Crippen molar-refractivity contribution in [1.82, 2.24) is 58.0 Å². The number of allylic oxidation sites excluding steroid dienone is 2. The Balaban J connectivity index is 0.000000127. The fourth-order valence-corrected chi connectivity index (χ4v) is 9.96. The van der Waals surface area contributed by atoms with E-state index in [-0.39, 0.29) is 22.2 Å². The van der Waals surface area contributed by atoms with Gasteiger partial charge >= 0.3 is 0 Å². The van der Waals surface area contributed by atoms with E-state index in [1.807, 2.05) is 151 Å². The molecule has 0 unspecified atom stereocenters. The van der Waals surface area contributed by atoms with E-state index in [0.29, 0.717) is 103 Å². The highest BCUT2D eigenvalue weighted by Gasteiger charge is 2.33. The van der Waals surface area contributed by atoms with E-state index >= 15 is 0 Å². The second-order valence-corrected chi connectivity index (χ2v) is 19.6. The van der Waals surface area contributed by atoms with Gasteiger partial charge < -0.3 is 4.57 Å². The van der Waals surface area contributed by atoms with Crippen molar-refractivity contribution in [2.75, 3.05) is 0 Å². The Morgan fingerprint density at radius 2 is 1.01 bits per heavy atom. The predicted molar refractivity (Wildman–Crippen MR) is 326 cm³/mol. The summed E-state index contributed by atoms with van der Waals surface area (Å²) in [5, 5.41) is 49.1. The number of H-pyrrole nitrogens is 3. The molecule has 1 fully saturated rings. The van der Waals surface area contributed by atoms with Crippen LogP contribution >= 0.6 is 0 Å².